The van der Waals surface area contributed by atoms with Crippen molar-refractivity contribution < 1.29 is 17.9 Å². The second kappa shape index (κ2) is 9.42. The highest BCUT2D eigenvalue weighted by atomic mass is 19.1. The van der Waals surface area contributed by atoms with Gasteiger partial charge in [-0.25, -0.2) is 18.2 Å². The number of aromatic nitrogens is 1. The van der Waals surface area contributed by atoms with E-state index < -0.39 is 23.8 Å². The third-order valence-electron chi connectivity index (χ3n) is 5.85. The first-order valence-corrected chi connectivity index (χ1v) is 10.5. The molecule has 0 spiro atoms. The molecule has 4 rings (SSSR count). The first-order chi connectivity index (χ1) is 16.4. The number of nitrogens with zero attached hydrogens (tertiary/aromatic N) is 4. The molecule has 1 aliphatic rings. The second-order valence-electron chi connectivity index (χ2n) is 7.93. The van der Waals surface area contributed by atoms with Crippen molar-refractivity contribution in [1.82, 2.24) is 4.98 Å². The van der Waals surface area contributed by atoms with Gasteiger partial charge in [-0.15, -0.1) is 0 Å². The fraction of sp³-hybridized carbons (Fsp3) is 0.240. The number of halogens is 3. The molecule has 2 atom stereocenters. The summed E-state index contributed by atoms with van der Waals surface area (Å²) >= 11 is 0. The number of methoxy groups -OCH3 is 1. The summed E-state index contributed by atoms with van der Waals surface area (Å²) in [6, 6.07) is 12.9. The Kier molecular flexibility index (Phi) is 6.40. The Morgan fingerprint density at radius 1 is 1.03 bits per heavy atom. The highest BCUT2D eigenvalue weighted by Gasteiger charge is 2.28. The molecule has 0 bridgehead atoms. The van der Waals surface area contributed by atoms with Gasteiger partial charge < -0.3 is 15.4 Å². The smallest absolute Gasteiger partial charge is 0.165 e. The molecule has 2 unspecified atom stereocenters. The van der Waals surface area contributed by atoms with E-state index in [1.165, 1.54) is 37.4 Å². The molecule has 0 radical (unpaired) electrons. The Bertz CT molecular complexity index is 1330. The highest BCUT2D eigenvalue weighted by Crippen LogP contribution is 2.38. The molecule has 1 aromatic heterocycles. The quantitative estimate of drug-likeness (QED) is 0.619. The number of benzene rings is 2. The average Bonchev–Trinajstić information content (AvgIpc) is 2.84. The van der Waals surface area contributed by atoms with Crippen LogP contribution < -0.4 is 15.4 Å². The second-order valence-corrected chi connectivity index (χ2v) is 7.93. The van der Waals surface area contributed by atoms with Crippen LogP contribution in [-0.4, -0.2) is 37.4 Å². The van der Waals surface area contributed by atoms with Gasteiger partial charge in [0.1, 0.15) is 23.9 Å². The van der Waals surface area contributed by atoms with Crippen LogP contribution in [0.5, 0.6) is 5.75 Å². The number of piperidine rings is 1. The van der Waals surface area contributed by atoms with Gasteiger partial charge in [0.15, 0.2) is 11.6 Å². The molecule has 34 heavy (non-hydrogen) atoms. The SMILES string of the molecule is COc1ccc(-c2c(C#N)cc(N3CCC(N)C(F)C3)nc2-c2ccc(C#N)c(F)c2)cc1F. The van der Waals surface area contributed by atoms with Crippen LogP contribution in [0.4, 0.5) is 19.0 Å². The van der Waals surface area contributed by atoms with Gasteiger partial charge in [0.2, 0.25) is 0 Å². The number of rotatable bonds is 4. The minimum absolute atomic E-state index is 0.00326. The molecule has 0 aliphatic carbocycles. The number of anilines is 1. The fourth-order valence-electron chi connectivity index (χ4n) is 3.99. The average molecular weight is 463 g/mol. The number of ether oxygens (including phenoxy) is 1. The van der Waals surface area contributed by atoms with Gasteiger partial charge in [0, 0.05) is 23.7 Å². The molecule has 1 aliphatic heterocycles. The van der Waals surface area contributed by atoms with E-state index in [0.717, 1.165) is 6.07 Å². The van der Waals surface area contributed by atoms with Gasteiger partial charge in [-0.1, -0.05) is 12.1 Å². The fourth-order valence-corrected chi connectivity index (χ4v) is 3.99. The van der Waals surface area contributed by atoms with E-state index in [0.29, 0.717) is 24.3 Å². The Balaban J connectivity index is 1.95. The van der Waals surface area contributed by atoms with Crippen molar-refractivity contribution in [3.05, 3.63) is 65.2 Å². The summed E-state index contributed by atoms with van der Waals surface area (Å²) in [5.74, 6) is -1.05. The van der Waals surface area contributed by atoms with Crippen LogP contribution in [0.15, 0.2) is 42.5 Å². The van der Waals surface area contributed by atoms with E-state index in [-0.39, 0.29) is 40.2 Å². The minimum atomic E-state index is -1.27. The minimum Gasteiger partial charge on any atom is -0.494 e. The molecule has 2 heterocycles. The van der Waals surface area contributed by atoms with E-state index in [2.05, 4.69) is 11.1 Å². The van der Waals surface area contributed by atoms with Crippen molar-refractivity contribution in [2.24, 2.45) is 5.73 Å². The molecule has 1 fully saturated rings. The lowest BCUT2D eigenvalue weighted by atomic mass is 9.94. The summed E-state index contributed by atoms with van der Waals surface area (Å²) in [5, 5.41) is 19.0. The van der Waals surface area contributed by atoms with Crippen molar-refractivity contribution in [3.63, 3.8) is 0 Å². The standard InChI is InChI=1S/C25H20F3N5O/c1-34-22-5-4-14(8-19(22)27)24-17(12-30)10-23(33-7-6-21(31)20(28)13-33)32-25(24)15-2-3-16(11-29)18(26)9-15/h2-5,8-10,20-21H,6-7,13,31H2,1H3. The Labute approximate surface area is 194 Å². The molecule has 172 valence electrons. The predicted octanol–water partition coefficient (Wildman–Crippen LogP) is 4.32. The van der Waals surface area contributed by atoms with Gasteiger partial charge in [-0.05, 0) is 42.3 Å². The molecule has 2 aromatic carbocycles. The molecule has 1 saturated heterocycles. The van der Waals surface area contributed by atoms with Gasteiger partial charge >= 0.3 is 0 Å². The lowest BCUT2D eigenvalue weighted by molar-refractivity contribution is 0.251. The van der Waals surface area contributed by atoms with Crippen LogP contribution >= 0.6 is 0 Å². The van der Waals surface area contributed by atoms with Crippen molar-refractivity contribution in [1.29, 1.82) is 10.5 Å². The van der Waals surface area contributed by atoms with E-state index in [9.17, 15) is 18.4 Å². The maximum atomic E-state index is 14.5. The topological polar surface area (TPSA) is 99.0 Å². The summed E-state index contributed by atoms with van der Waals surface area (Å²) in [4.78, 5) is 6.32. The van der Waals surface area contributed by atoms with Crippen molar-refractivity contribution in [2.45, 2.75) is 18.6 Å². The lowest BCUT2D eigenvalue weighted by Crippen LogP contribution is -2.48. The molecule has 3 aromatic rings. The van der Waals surface area contributed by atoms with Gasteiger partial charge in [0.05, 0.1) is 36.5 Å². The molecule has 6 nitrogen and oxygen atoms in total. The Morgan fingerprint density at radius 3 is 2.35 bits per heavy atom. The van der Waals surface area contributed by atoms with Crippen LogP contribution in [0.2, 0.25) is 0 Å². The summed E-state index contributed by atoms with van der Waals surface area (Å²) in [6.07, 6.45) is -0.871. The molecular formula is C25H20F3N5O. The number of nitrogens with two attached hydrogens (primary N) is 1. The third kappa shape index (κ3) is 4.26. The summed E-state index contributed by atoms with van der Waals surface area (Å²) < 4.78 is 48.3. The predicted molar refractivity (Wildman–Crippen MR) is 121 cm³/mol. The zero-order valence-corrected chi connectivity index (χ0v) is 18.2. The largest absolute Gasteiger partial charge is 0.494 e. The zero-order chi connectivity index (χ0) is 24.4. The number of alkyl halides is 1. The maximum Gasteiger partial charge on any atom is 0.165 e. The van der Waals surface area contributed by atoms with E-state index >= 15 is 0 Å². The lowest BCUT2D eigenvalue weighted by Gasteiger charge is -2.34. The highest BCUT2D eigenvalue weighted by molar-refractivity contribution is 5.87. The number of hydrogen-bond acceptors (Lipinski definition) is 6. The Morgan fingerprint density at radius 2 is 1.74 bits per heavy atom. The van der Waals surface area contributed by atoms with Gasteiger partial charge in [0.25, 0.3) is 0 Å². The normalized spacial score (nSPS) is 17.7. The zero-order valence-electron chi connectivity index (χ0n) is 18.2. The van der Waals surface area contributed by atoms with Crippen LogP contribution in [0, 0.1) is 34.3 Å². The summed E-state index contributed by atoms with van der Waals surface area (Å²) in [6.45, 7) is 0.424. The monoisotopic (exact) mass is 463 g/mol. The van der Waals surface area contributed by atoms with Crippen molar-refractivity contribution in [2.75, 3.05) is 25.1 Å². The number of pyridine rings is 1. The molecule has 0 saturated carbocycles. The van der Waals surface area contributed by atoms with Gasteiger partial charge in [-0.2, -0.15) is 10.5 Å². The van der Waals surface area contributed by atoms with E-state index in [1.807, 2.05) is 0 Å². The molecule has 2 N–H and O–H groups in total. The molecule has 0 amide bonds. The molecule has 9 heteroatoms. The van der Waals surface area contributed by atoms with E-state index in [1.54, 1.807) is 17.0 Å². The van der Waals surface area contributed by atoms with Crippen molar-refractivity contribution in [3.8, 4) is 40.3 Å². The number of hydrogen-bond donors (Lipinski definition) is 1. The first-order valence-electron chi connectivity index (χ1n) is 10.5. The first kappa shape index (κ1) is 23.1. The number of nitriles is 2. The summed E-state index contributed by atoms with van der Waals surface area (Å²) in [7, 11) is 1.34. The van der Waals surface area contributed by atoms with Gasteiger partial charge in [-0.3, -0.25) is 0 Å². The Hall–Kier alpha value is -4.08. The van der Waals surface area contributed by atoms with E-state index in [4.69, 9.17) is 15.7 Å². The maximum absolute atomic E-state index is 14.5. The van der Waals surface area contributed by atoms with Crippen LogP contribution in [0.1, 0.15) is 17.5 Å². The van der Waals surface area contributed by atoms with Crippen molar-refractivity contribution >= 4 is 5.82 Å². The van der Waals surface area contributed by atoms with Crippen LogP contribution in [0.3, 0.4) is 0 Å². The molecular weight excluding hydrogens is 443 g/mol. The third-order valence-corrected chi connectivity index (χ3v) is 5.85. The summed E-state index contributed by atoms with van der Waals surface area (Å²) in [5.41, 5.74) is 6.89. The van der Waals surface area contributed by atoms with Crippen LogP contribution in [-0.2, 0) is 0 Å². The van der Waals surface area contributed by atoms with Crippen LogP contribution in [0.25, 0.3) is 22.4 Å².